The topological polar surface area (TPSA) is 106 Å². The van der Waals surface area contributed by atoms with Crippen LogP contribution in [0.5, 0.6) is 5.75 Å². The summed E-state index contributed by atoms with van der Waals surface area (Å²) in [7, 11) is 2.03. The number of aliphatic hydroxyl groups is 2. The molecule has 0 unspecified atom stereocenters. The van der Waals surface area contributed by atoms with Crippen molar-refractivity contribution in [1.29, 1.82) is 0 Å². The maximum Gasteiger partial charge on any atom is 0.352 e. The summed E-state index contributed by atoms with van der Waals surface area (Å²) in [5.74, 6) is -0.193. The van der Waals surface area contributed by atoms with Crippen LogP contribution in [0.4, 0.5) is 0 Å². The van der Waals surface area contributed by atoms with E-state index in [1.165, 1.54) is 6.92 Å². The molecule has 0 radical (unpaired) electrons. The third-order valence-corrected chi connectivity index (χ3v) is 7.94. The molecular weight excluding hydrogens is 426 g/mol. The van der Waals surface area contributed by atoms with E-state index < -0.39 is 35.2 Å². The van der Waals surface area contributed by atoms with E-state index >= 15 is 0 Å². The van der Waals surface area contributed by atoms with Crippen molar-refractivity contribution < 1.29 is 34.0 Å². The Labute approximate surface area is 193 Å². The second-order valence-corrected chi connectivity index (χ2v) is 9.70. The molecule has 8 heteroatoms. The van der Waals surface area contributed by atoms with E-state index in [4.69, 9.17) is 14.2 Å². The van der Waals surface area contributed by atoms with Crippen molar-refractivity contribution in [1.82, 2.24) is 4.90 Å². The zero-order valence-electron chi connectivity index (χ0n) is 19.3. The predicted molar refractivity (Wildman–Crippen MR) is 117 cm³/mol. The molecule has 178 valence electrons. The van der Waals surface area contributed by atoms with E-state index in [0.717, 1.165) is 17.7 Å². The number of esters is 2. The number of ether oxygens (including phenoxy) is 3. The van der Waals surface area contributed by atoms with Crippen LogP contribution in [0.25, 0.3) is 0 Å². The second-order valence-electron chi connectivity index (χ2n) is 9.70. The highest BCUT2D eigenvalue weighted by molar-refractivity contribution is 5.80. The highest BCUT2D eigenvalue weighted by Gasteiger charge is 2.71. The minimum absolute atomic E-state index is 0.0989. The fraction of sp³-hybridized carbons (Fsp3) is 0.600. The molecule has 2 N–H and O–H groups in total. The van der Waals surface area contributed by atoms with E-state index in [-0.39, 0.29) is 19.1 Å². The van der Waals surface area contributed by atoms with Gasteiger partial charge >= 0.3 is 11.9 Å². The maximum absolute atomic E-state index is 12.8. The monoisotopic (exact) mass is 457 g/mol. The summed E-state index contributed by atoms with van der Waals surface area (Å²) in [6.07, 6.45) is 2.49. The van der Waals surface area contributed by atoms with Gasteiger partial charge in [0.1, 0.15) is 11.5 Å². The molecule has 5 rings (SSSR count). The molecule has 2 heterocycles. The summed E-state index contributed by atoms with van der Waals surface area (Å²) in [6, 6.07) is 3.79. The summed E-state index contributed by atoms with van der Waals surface area (Å²) >= 11 is 0. The first-order chi connectivity index (χ1) is 15.8. The molecule has 33 heavy (non-hydrogen) atoms. The van der Waals surface area contributed by atoms with Gasteiger partial charge in [0, 0.05) is 30.0 Å². The first-order valence-corrected chi connectivity index (χ1v) is 11.7. The van der Waals surface area contributed by atoms with Crippen LogP contribution in [0.15, 0.2) is 24.0 Å². The number of hydrogen-bond acceptors (Lipinski definition) is 8. The number of aliphatic hydroxyl groups excluding tert-OH is 1. The zero-order valence-corrected chi connectivity index (χ0v) is 19.3. The molecule has 1 fully saturated rings. The van der Waals surface area contributed by atoms with Gasteiger partial charge in [-0.2, -0.15) is 0 Å². The minimum Gasteiger partial charge on any atom is -0.481 e. The number of carbonyl (C=O) groups is 2. The summed E-state index contributed by atoms with van der Waals surface area (Å²) in [4.78, 5) is 26.8. The van der Waals surface area contributed by atoms with Crippen LogP contribution in [0, 0.1) is 0 Å². The Bertz CT molecular complexity index is 1040. The number of hydrogen-bond donors (Lipinski definition) is 2. The molecule has 0 aromatic heterocycles. The van der Waals surface area contributed by atoms with Crippen LogP contribution in [0.2, 0.25) is 0 Å². The minimum atomic E-state index is -1.09. The molecule has 0 amide bonds. The molecule has 5 atom stereocenters. The van der Waals surface area contributed by atoms with Crippen molar-refractivity contribution in [2.75, 3.05) is 13.6 Å². The van der Waals surface area contributed by atoms with Gasteiger partial charge in [0.25, 0.3) is 0 Å². The molecule has 2 aliphatic carbocycles. The van der Waals surface area contributed by atoms with Crippen molar-refractivity contribution in [3.05, 3.63) is 40.7 Å². The van der Waals surface area contributed by atoms with Crippen LogP contribution in [0.3, 0.4) is 0 Å². The summed E-state index contributed by atoms with van der Waals surface area (Å²) in [5, 5.41) is 22.1. The zero-order chi connectivity index (χ0) is 23.5. The van der Waals surface area contributed by atoms with Crippen molar-refractivity contribution in [2.24, 2.45) is 0 Å². The molecule has 0 saturated carbocycles. The number of likely N-dealkylation sites (N-methyl/N-ethyl adjacent to an activating group) is 1. The Morgan fingerprint density at radius 2 is 2.15 bits per heavy atom. The van der Waals surface area contributed by atoms with Gasteiger partial charge in [-0.3, -0.25) is 4.79 Å². The van der Waals surface area contributed by atoms with Gasteiger partial charge in [0.15, 0.2) is 12.2 Å². The molecular formula is C25H31NO7. The molecule has 1 aromatic carbocycles. The van der Waals surface area contributed by atoms with Crippen molar-refractivity contribution in [3.63, 3.8) is 0 Å². The lowest BCUT2D eigenvalue weighted by molar-refractivity contribution is -0.175. The Morgan fingerprint density at radius 1 is 1.36 bits per heavy atom. The number of nitrogens with zero attached hydrogens (tertiary/aromatic N) is 1. The number of benzene rings is 1. The number of rotatable bonds is 6. The highest BCUT2D eigenvalue weighted by atomic mass is 16.6. The third kappa shape index (κ3) is 3.00. The lowest BCUT2D eigenvalue weighted by Crippen LogP contribution is -2.74. The third-order valence-electron chi connectivity index (χ3n) is 7.94. The summed E-state index contributed by atoms with van der Waals surface area (Å²) in [5.41, 5.74) is 0.830. The first kappa shape index (κ1) is 22.4. The SMILES string of the molecule is CCCC(=O)O[C@@H](C)C(=O)OC1=CC[C@@]2(O)[C@H]3Cc4ccc(CO)c5c4[C@@]2(CCN3C)[C@H]1O5. The van der Waals surface area contributed by atoms with Crippen molar-refractivity contribution in [3.8, 4) is 5.75 Å². The lowest BCUT2D eigenvalue weighted by atomic mass is 9.50. The fourth-order valence-corrected chi connectivity index (χ4v) is 6.34. The Hall–Kier alpha value is -2.42. The van der Waals surface area contributed by atoms with E-state index in [1.54, 1.807) is 6.08 Å². The van der Waals surface area contributed by atoms with E-state index in [9.17, 15) is 19.8 Å². The van der Waals surface area contributed by atoms with E-state index in [0.29, 0.717) is 42.8 Å². The normalized spacial score (nSPS) is 32.3. The molecule has 8 nitrogen and oxygen atoms in total. The fourth-order valence-electron chi connectivity index (χ4n) is 6.34. The highest BCUT2D eigenvalue weighted by Crippen LogP contribution is 2.64. The molecule has 4 aliphatic rings. The summed E-state index contributed by atoms with van der Waals surface area (Å²) in [6.45, 7) is 3.94. The van der Waals surface area contributed by atoms with Crippen LogP contribution in [-0.2, 0) is 37.5 Å². The van der Waals surface area contributed by atoms with Gasteiger partial charge < -0.3 is 29.3 Å². The molecule has 1 aromatic rings. The van der Waals surface area contributed by atoms with Gasteiger partial charge in [-0.1, -0.05) is 19.1 Å². The molecule has 1 spiro atoms. The average molecular weight is 458 g/mol. The van der Waals surface area contributed by atoms with Crippen LogP contribution >= 0.6 is 0 Å². The second kappa shape index (κ2) is 7.82. The Morgan fingerprint density at radius 3 is 2.88 bits per heavy atom. The van der Waals surface area contributed by atoms with E-state index in [2.05, 4.69) is 4.90 Å². The Kier molecular flexibility index (Phi) is 5.30. The lowest BCUT2D eigenvalue weighted by Gasteiger charge is -2.61. The van der Waals surface area contributed by atoms with Gasteiger partial charge in [-0.05, 0) is 51.4 Å². The largest absolute Gasteiger partial charge is 0.481 e. The Balaban J connectivity index is 1.53. The van der Waals surface area contributed by atoms with Crippen LogP contribution in [0.1, 0.15) is 56.2 Å². The smallest absolute Gasteiger partial charge is 0.352 e. The first-order valence-electron chi connectivity index (χ1n) is 11.7. The average Bonchev–Trinajstić information content (AvgIpc) is 3.13. The quantitative estimate of drug-likeness (QED) is 0.623. The molecule has 2 bridgehead atoms. The van der Waals surface area contributed by atoms with Gasteiger partial charge in [-0.25, -0.2) is 4.79 Å². The van der Waals surface area contributed by atoms with Gasteiger partial charge in [0.2, 0.25) is 0 Å². The van der Waals surface area contributed by atoms with Gasteiger partial charge in [-0.15, -0.1) is 0 Å². The van der Waals surface area contributed by atoms with Crippen molar-refractivity contribution >= 4 is 11.9 Å². The molecule has 1 saturated heterocycles. The number of likely N-dealkylation sites (tertiary alicyclic amines) is 1. The van der Waals surface area contributed by atoms with Crippen LogP contribution < -0.4 is 4.74 Å². The maximum atomic E-state index is 12.8. The number of carbonyl (C=O) groups excluding carboxylic acids is 2. The van der Waals surface area contributed by atoms with Crippen LogP contribution in [-0.4, -0.2) is 64.5 Å². The van der Waals surface area contributed by atoms with E-state index in [1.807, 2.05) is 26.1 Å². The molecule has 2 aliphatic heterocycles. The summed E-state index contributed by atoms with van der Waals surface area (Å²) < 4.78 is 17.4. The van der Waals surface area contributed by atoms with Gasteiger partial charge in [0.05, 0.1) is 17.6 Å². The number of piperidine rings is 1. The predicted octanol–water partition coefficient (Wildman–Crippen LogP) is 1.73. The standard InChI is InChI=1S/C25H31NO7/c1-4-5-19(28)31-14(2)23(29)32-17-8-9-25(30)18-12-15-6-7-16(13-27)21-20(15)24(25,22(17)33-21)10-11-26(18)3/h6-8,14,18,22,27,30H,4-5,9-13H2,1-3H3/t14-,18+,22-,24-,25+/m0/s1. The van der Waals surface area contributed by atoms with Crippen molar-refractivity contribution in [2.45, 2.75) is 81.8 Å².